The van der Waals surface area contributed by atoms with Crippen molar-refractivity contribution < 1.29 is 9.53 Å². The van der Waals surface area contributed by atoms with Crippen molar-refractivity contribution in [1.82, 2.24) is 0 Å². The zero-order valence-corrected chi connectivity index (χ0v) is 13.6. The SMILES string of the molecule is COc1ccc(CC(=O)CC2CCSCC2)cc1Br. The highest BCUT2D eigenvalue weighted by Gasteiger charge is 2.17. The number of hydrogen-bond acceptors (Lipinski definition) is 3. The summed E-state index contributed by atoms with van der Waals surface area (Å²) in [5.41, 5.74) is 1.06. The number of carbonyl (C=O) groups excluding carboxylic acids is 1. The third-order valence-electron chi connectivity index (χ3n) is 3.47. The lowest BCUT2D eigenvalue weighted by Crippen LogP contribution is -2.15. The van der Waals surface area contributed by atoms with Crippen molar-refractivity contribution in [2.75, 3.05) is 18.6 Å². The molecule has 1 aliphatic heterocycles. The number of ketones is 1. The third kappa shape index (κ3) is 4.53. The first-order valence-corrected chi connectivity index (χ1v) is 8.55. The number of ether oxygens (including phenoxy) is 1. The van der Waals surface area contributed by atoms with E-state index >= 15 is 0 Å². The van der Waals surface area contributed by atoms with Crippen LogP contribution in [0.3, 0.4) is 0 Å². The fourth-order valence-corrected chi connectivity index (χ4v) is 4.18. The van der Waals surface area contributed by atoms with Gasteiger partial charge in [-0.3, -0.25) is 4.79 Å². The molecule has 104 valence electrons. The average Bonchev–Trinajstić information content (AvgIpc) is 2.40. The number of halogens is 1. The Hall–Kier alpha value is -0.480. The molecule has 0 unspecified atom stereocenters. The van der Waals surface area contributed by atoms with Gasteiger partial charge in [-0.25, -0.2) is 0 Å². The highest BCUT2D eigenvalue weighted by molar-refractivity contribution is 9.10. The molecule has 1 aromatic carbocycles. The summed E-state index contributed by atoms with van der Waals surface area (Å²) in [7, 11) is 1.64. The van der Waals surface area contributed by atoms with E-state index in [1.807, 2.05) is 30.0 Å². The maximum absolute atomic E-state index is 12.1. The molecule has 4 heteroatoms. The summed E-state index contributed by atoms with van der Waals surface area (Å²) in [6.07, 6.45) is 3.67. The van der Waals surface area contributed by atoms with E-state index in [9.17, 15) is 4.79 Å². The smallest absolute Gasteiger partial charge is 0.137 e. The molecule has 1 fully saturated rings. The predicted octanol–water partition coefficient (Wildman–Crippen LogP) is 4.10. The fourth-order valence-electron chi connectivity index (χ4n) is 2.39. The van der Waals surface area contributed by atoms with Crippen LogP contribution in [0, 0.1) is 5.92 Å². The minimum Gasteiger partial charge on any atom is -0.496 e. The fraction of sp³-hybridized carbons (Fsp3) is 0.533. The van der Waals surface area contributed by atoms with Gasteiger partial charge in [0.25, 0.3) is 0 Å². The molecule has 0 radical (unpaired) electrons. The summed E-state index contributed by atoms with van der Waals surface area (Å²) in [4.78, 5) is 12.1. The van der Waals surface area contributed by atoms with Crippen molar-refractivity contribution in [2.24, 2.45) is 5.92 Å². The second kappa shape index (κ2) is 7.34. The van der Waals surface area contributed by atoms with Gasteiger partial charge < -0.3 is 4.74 Å². The standard InChI is InChI=1S/C15H19BrO2S/c1-18-15-3-2-12(10-14(15)16)9-13(17)8-11-4-6-19-7-5-11/h2-3,10-11H,4-9H2,1H3. The maximum atomic E-state index is 12.1. The Kier molecular flexibility index (Phi) is 5.76. The van der Waals surface area contributed by atoms with Gasteiger partial charge >= 0.3 is 0 Å². The Labute approximate surface area is 127 Å². The predicted molar refractivity (Wildman–Crippen MR) is 84.1 cm³/mol. The zero-order valence-electron chi connectivity index (χ0n) is 11.2. The first-order chi connectivity index (χ1) is 9.19. The molecular weight excluding hydrogens is 324 g/mol. The van der Waals surface area contributed by atoms with Gasteiger partial charge in [0.05, 0.1) is 11.6 Å². The van der Waals surface area contributed by atoms with Crippen molar-refractivity contribution in [1.29, 1.82) is 0 Å². The van der Waals surface area contributed by atoms with Crippen LogP contribution in [0.1, 0.15) is 24.8 Å². The lowest BCUT2D eigenvalue weighted by atomic mass is 9.94. The Morgan fingerprint density at radius 1 is 1.42 bits per heavy atom. The summed E-state index contributed by atoms with van der Waals surface area (Å²) >= 11 is 5.46. The van der Waals surface area contributed by atoms with E-state index in [2.05, 4.69) is 15.9 Å². The van der Waals surface area contributed by atoms with Gasteiger partial charge in [0.1, 0.15) is 11.5 Å². The van der Waals surface area contributed by atoms with Gasteiger partial charge in [0.15, 0.2) is 0 Å². The number of hydrogen-bond donors (Lipinski definition) is 0. The lowest BCUT2D eigenvalue weighted by molar-refractivity contribution is -0.119. The quantitative estimate of drug-likeness (QED) is 0.805. The number of methoxy groups -OCH3 is 1. The molecule has 2 rings (SSSR count). The van der Waals surface area contributed by atoms with E-state index in [1.165, 1.54) is 24.3 Å². The number of rotatable bonds is 5. The summed E-state index contributed by atoms with van der Waals surface area (Å²) in [5.74, 6) is 4.20. The summed E-state index contributed by atoms with van der Waals surface area (Å²) < 4.78 is 6.10. The van der Waals surface area contributed by atoms with Crippen LogP contribution in [0.15, 0.2) is 22.7 Å². The molecule has 2 nitrogen and oxygen atoms in total. The van der Waals surface area contributed by atoms with Gasteiger partial charge in [-0.15, -0.1) is 0 Å². The van der Waals surface area contributed by atoms with Crippen LogP contribution in [0.4, 0.5) is 0 Å². The third-order valence-corrected chi connectivity index (χ3v) is 5.14. The average molecular weight is 343 g/mol. The van der Waals surface area contributed by atoms with Gasteiger partial charge in [-0.05, 0) is 63.9 Å². The first-order valence-electron chi connectivity index (χ1n) is 6.61. The van der Waals surface area contributed by atoms with Crippen molar-refractivity contribution in [2.45, 2.75) is 25.7 Å². The van der Waals surface area contributed by atoms with Gasteiger partial charge in [0, 0.05) is 12.8 Å². The molecule has 1 aliphatic rings. The minimum absolute atomic E-state index is 0.356. The largest absolute Gasteiger partial charge is 0.496 e. The van der Waals surface area contributed by atoms with Crippen molar-refractivity contribution in [3.63, 3.8) is 0 Å². The molecule has 0 bridgehead atoms. The molecule has 1 saturated heterocycles. The molecule has 1 heterocycles. The first kappa shape index (κ1) is 14.9. The van der Waals surface area contributed by atoms with E-state index in [1.54, 1.807) is 7.11 Å². The second-order valence-electron chi connectivity index (χ2n) is 4.94. The van der Waals surface area contributed by atoms with Crippen LogP contribution in [0.2, 0.25) is 0 Å². The van der Waals surface area contributed by atoms with Gasteiger partial charge in [-0.1, -0.05) is 6.07 Å². The van der Waals surface area contributed by atoms with Crippen molar-refractivity contribution in [3.05, 3.63) is 28.2 Å². The molecule has 19 heavy (non-hydrogen) atoms. The monoisotopic (exact) mass is 342 g/mol. The Balaban J connectivity index is 1.89. The van der Waals surface area contributed by atoms with Crippen LogP contribution in [0.5, 0.6) is 5.75 Å². The number of benzene rings is 1. The lowest BCUT2D eigenvalue weighted by Gasteiger charge is -2.20. The Morgan fingerprint density at radius 2 is 2.16 bits per heavy atom. The van der Waals surface area contributed by atoms with E-state index in [-0.39, 0.29) is 0 Å². The normalized spacial score (nSPS) is 16.3. The van der Waals surface area contributed by atoms with Crippen LogP contribution < -0.4 is 4.74 Å². The van der Waals surface area contributed by atoms with E-state index in [0.29, 0.717) is 18.1 Å². The molecule has 0 saturated carbocycles. The van der Waals surface area contributed by atoms with Crippen LogP contribution in [-0.2, 0) is 11.2 Å². The summed E-state index contributed by atoms with van der Waals surface area (Å²) in [6.45, 7) is 0. The molecule has 0 amide bonds. The van der Waals surface area contributed by atoms with Crippen molar-refractivity contribution >= 4 is 33.5 Å². The Morgan fingerprint density at radius 3 is 2.79 bits per heavy atom. The summed E-state index contributed by atoms with van der Waals surface area (Å²) in [5, 5.41) is 0. The molecule has 0 N–H and O–H groups in total. The summed E-state index contributed by atoms with van der Waals surface area (Å²) in [6, 6.07) is 5.86. The van der Waals surface area contributed by atoms with Gasteiger partial charge in [0.2, 0.25) is 0 Å². The van der Waals surface area contributed by atoms with Crippen LogP contribution in [-0.4, -0.2) is 24.4 Å². The molecule has 0 atom stereocenters. The zero-order chi connectivity index (χ0) is 13.7. The number of Topliss-reactive ketones (excluding diaryl/α,β-unsaturated/α-hetero) is 1. The van der Waals surface area contributed by atoms with Crippen molar-refractivity contribution in [3.8, 4) is 5.75 Å². The maximum Gasteiger partial charge on any atom is 0.137 e. The molecule has 0 aliphatic carbocycles. The van der Waals surface area contributed by atoms with E-state index in [0.717, 1.165) is 22.2 Å². The van der Waals surface area contributed by atoms with Crippen LogP contribution >= 0.6 is 27.7 Å². The van der Waals surface area contributed by atoms with E-state index < -0.39 is 0 Å². The molecule has 0 spiro atoms. The van der Waals surface area contributed by atoms with E-state index in [4.69, 9.17) is 4.74 Å². The highest BCUT2D eigenvalue weighted by Crippen LogP contribution is 2.28. The number of thioether (sulfide) groups is 1. The highest BCUT2D eigenvalue weighted by atomic mass is 79.9. The minimum atomic E-state index is 0.356. The Bertz CT molecular complexity index is 442. The van der Waals surface area contributed by atoms with Gasteiger partial charge in [-0.2, -0.15) is 11.8 Å². The molecule has 0 aromatic heterocycles. The topological polar surface area (TPSA) is 26.3 Å². The van der Waals surface area contributed by atoms with Crippen LogP contribution in [0.25, 0.3) is 0 Å². The molecule has 1 aromatic rings. The molecular formula is C15H19BrO2S. The second-order valence-corrected chi connectivity index (χ2v) is 7.02. The number of carbonyl (C=O) groups is 1.